The van der Waals surface area contributed by atoms with Gasteiger partial charge in [-0.05, 0) is 42.7 Å². The quantitative estimate of drug-likeness (QED) is 0.220. The summed E-state index contributed by atoms with van der Waals surface area (Å²) in [7, 11) is 0. The van der Waals surface area contributed by atoms with Gasteiger partial charge in [0.25, 0.3) is 0 Å². The van der Waals surface area contributed by atoms with Crippen molar-refractivity contribution in [2.45, 2.75) is 5.03 Å². The van der Waals surface area contributed by atoms with Crippen molar-refractivity contribution in [3.8, 4) is 5.69 Å². The normalized spacial score (nSPS) is 11.3. The van der Waals surface area contributed by atoms with Gasteiger partial charge in [-0.3, -0.25) is 10.2 Å². The highest BCUT2D eigenvalue weighted by Gasteiger charge is 2.14. The van der Waals surface area contributed by atoms with E-state index in [1.165, 1.54) is 11.8 Å². The molecule has 7 nitrogen and oxygen atoms in total. The van der Waals surface area contributed by atoms with Gasteiger partial charge in [0.05, 0.1) is 11.3 Å². The minimum atomic E-state index is -0.763. The number of amidine groups is 1. The van der Waals surface area contributed by atoms with Crippen molar-refractivity contribution in [3.63, 3.8) is 0 Å². The lowest BCUT2D eigenvalue weighted by Crippen LogP contribution is -2.17. The number of aromatic nitrogens is 2. The van der Waals surface area contributed by atoms with Gasteiger partial charge >= 0.3 is 6.09 Å². The minimum absolute atomic E-state index is 0.0489. The minimum Gasteiger partial charge on any atom is -0.380 e. The van der Waals surface area contributed by atoms with Crippen LogP contribution in [0.25, 0.3) is 5.69 Å². The smallest absolute Gasteiger partial charge is 0.380 e. The molecule has 0 fully saturated rings. The van der Waals surface area contributed by atoms with Gasteiger partial charge in [0.1, 0.15) is 5.03 Å². The van der Waals surface area contributed by atoms with E-state index in [0.29, 0.717) is 21.3 Å². The number of oxime groups is 1. The van der Waals surface area contributed by atoms with Crippen LogP contribution in [0.15, 0.2) is 71.0 Å². The summed E-state index contributed by atoms with van der Waals surface area (Å²) in [4.78, 5) is 16.7. The molecule has 0 saturated carbocycles. The Balaban J connectivity index is 1.72. The summed E-state index contributed by atoms with van der Waals surface area (Å²) >= 11 is 7.22. The highest BCUT2D eigenvalue weighted by atomic mass is 35.5. The van der Waals surface area contributed by atoms with Gasteiger partial charge in [-0.25, -0.2) is 9.48 Å². The maximum Gasteiger partial charge on any atom is 0.437 e. The molecule has 27 heavy (non-hydrogen) atoms. The summed E-state index contributed by atoms with van der Waals surface area (Å²) in [6.45, 7) is 0. The molecule has 1 amide bonds. The molecule has 9 heteroatoms. The number of hydrogen-bond donors (Lipinski definition) is 2. The van der Waals surface area contributed by atoms with Gasteiger partial charge < -0.3 is 5.73 Å². The molecule has 0 aliphatic heterocycles. The van der Waals surface area contributed by atoms with E-state index in [4.69, 9.17) is 22.2 Å². The first kappa shape index (κ1) is 18.8. The number of halogens is 1. The van der Waals surface area contributed by atoms with Crippen molar-refractivity contribution in [3.05, 3.63) is 71.4 Å². The molecule has 0 unspecified atom stereocenters. The van der Waals surface area contributed by atoms with E-state index < -0.39 is 6.09 Å². The first-order valence-corrected chi connectivity index (χ1v) is 9.43. The average molecular weight is 402 g/mol. The van der Waals surface area contributed by atoms with Crippen LogP contribution in [-0.2, 0) is 4.84 Å². The molecule has 0 bridgehead atoms. The van der Waals surface area contributed by atoms with Gasteiger partial charge in [0.2, 0.25) is 0 Å². The SMILES string of the molecule is CSc1nn(-c2ccccc2)cc1C(N)=NOC(=O)Nc1ccc(Cl)cc1. The van der Waals surface area contributed by atoms with Crippen LogP contribution in [0.4, 0.5) is 10.5 Å². The fraction of sp³-hybridized carbons (Fsp3) is 0.0556. The molecule has 138 valence electrons. The summed E-state index contributed by atoms with van der Waals surface area (Å²) in [5.41, 5.74) is 7.97. The van der Waals surface area contributed by atoms with Gasteiger partial charge in [0.15, 0.2) is 5.84 Å². The molecular weight excluding hydrogens is 386 g/mol. The number of amides is 1. The summed E-state index contributed by atoms with van der Waals surface area (Å²) in [5.74, 6) is 0.0489. The van der Waals surface area contributed by atoms with Crippen LogP contribution in [0.1, 0.15) is 5.56 Å². The molecule has 3 rings (SSSR count). The van der Waals surface area contributed by atoms with Crippen molar-refractivity contribution in [2.75, 3.05) is 11.6 Å². The second kappa shape index (κ2) is 8.61. The van der Waals surface area contributed by atoms with Crippen LogP contribution < -0.4 is 11.1 Å². The standard InChI is InChI=1S/C18H16ClN5O2S/c1-27-17-15(11-24(22-17)14-5-3-2-4-6-14)16(20)23-26-18(25)21-13-9-7-12(19)8-10-13/h2-11H,1H3,(H2,20,23)(H,21,25). The fourth-order valence-electron chi connectivity index (χ4n) is 2.21. The number of para-hydroxylation sites is 1. The first-order chi connectivity index (χ1) is 13.1. The summed E-state index contributed by atoms with van der Waals surface area (Å²) in [6, 6.07) is 16.2. The number of carbonyl (C=O) groups is 1. The Morgan fingerprint density at radius 2 is 1.93 bits per heavy atom. The molecule has 3 aromatic rings. The predicted octanol–water partition coefficient (Wildman–Crippen LogP) is 4.12. The monoisotopic (exact) mass is 401 g/mol. The molecule has 0 atom stereocenters. The van der Waals surface area contributed by atoms with Crippen molar-refractivity contribution >= 4 is 41.0 Å². The van der Waals surface area contributed by atoms with Crippen molar-refractivity contribution in [1.29, 1.82) is 0 Å². The van der Waals surface area contributed by atoms with E-state index in [0.717, 1.165) is 5.69 Å². The summed E-state index contributed by atoms with van der Waals surface area (Å²) in [5, 5.41) is 11.9. The van der Waals surface area contributed by atoms with Crippen LogP contribution in [0.3, 0.4) is 0 Å². The number of nitrogens with two attached hydrogens (primary N) is 1. The number of thioether (sulfide) groups is 1. The fourth-order valence-corrected chi connectivity index (χ4v) is 2.88. The van der Waals surface area contributed by atoms with Crippen LogP contribution in [0, 0.1) is 0 Å². The van der Waals surface area contributed by atoms with E-state index >= 15 is 0 Å². The molecule has 3 N–H and O–H groups in total. The summed E-state index contributed by atoms with van der Waals surface area (Å²) in [6.07, 6.45) is 2.85. The molecule has 1 heterocycles. The average Bonchev–Trinajstić information content (AvgIpc) is 3.13. The number of nitrogens with one attached hydrogen (secondary N) is 1. The van der Waals surface area contributed by atoms with Gasteiger partial charge in [-0.2, -0.15) is 5.10 Å². The predicted molar refractivity (Wildman–Crippen MR) is 108 cm³/mol. The Hall–Kier alpha value is -2.97. The van der Waals surface area contributed by atoms with Crippen molar-refractivity contribution < 1.29 is 9.63 Å². The van der Waals surface area contributed by atoms with Crippen LogP contribution in [0.5, 0.6) is 0 Å². The third-order valence-electron chi connectivity index (χ3n) is 3.49. The molecule has 0 aliphatic carbocycles. The zero-order valence-electron chi connectivity index (χ0n) is 14.3. The van der Waals surface area contributed by atoms with Gasteiger partial charge in [-0.15, -0.1) is 11.8 Å². The van der Waals surface area contributed by atoms with Crippen LogP contribution in [0.2, 0.25) is 5.02 Å². The number of nitrogens with zero attached hydrogens (tertiary/aromatic N) is 3. The number of rotatable bonds is 5. The lowest BCUT2D eigenvalue weighted by atomic mass is 10.3. The van der Waals surface area contributed by atoms with Crippen LogP contribution >= 0.6 is 23.4 Å². The van der Waals surface area contributed by atoms with Crippen LogP contribution in [-0.4, -0.2) is 28.0 Å². The number of anilines is 1. The molecule has 1 aromatic heterocycles. The number of benzene rings is 2. The lowest BCUT2D eigenvalue weighted by molar-refractivity contribution is 0.166. The second-order valence-electron chi connectivity index (χ2n) is 5.32. The Morgan fingerprint density at radius 1 is 1.22 bits per heavy atom. The number of hydrogen-bond acceptors (Lipinski definition) is 5. The topological polar surface area (TPSA) is 94.5 Å². The van der Waals surface area contributed by atoms with E-state index in [1.54, 1.807) is 35.1 Å². The Kier molecular flexibility index (Phi) is 6.00. The van der Waals surface area contributed by atoms with Gasteiger partial charge in [-0.1, -0.05) is 35.0 Å². The molecule has 0 saturated heterocycles. The largest absolute Gasteiger partial charge is 0.437 e. The van der Waals surface area contributed by atoms with Crippen molar-refractivity contribution in [2.24, 2.45) is 10.9 Å². The third kappa shape index (κ3) is 4.81. The molecule has 0 spiro atoms. The Labute approximate surface area is 165 Å². The highest BCUT2D eigenvalue weighted by Crippen LogP contribution is 2.20. The maximum atomic E-state index is 11.9. The summed E-state index contributed by atoms with van der Waals surface area (Å²) < 4.78 is 1.69. The molecule has 0 radical (unpaired) electrons. The zero-order valence-corrected chi connectivity index (χ0v) is 15.9. The lowest BCUT2D eigenvalue weighted by Gasteiger charge is -2.03. The van der Waals surface area contributed by atoms with E-state index in [-0.39, 0.29) is 5.84 Å². The number of carbonyl (C=O) groups excluding carboxylic acids is 1. The molecular formula is C18H16ClN5O2S. The third-order valence-corrected chi connectivity index (χ3v) is 4.43. The Morgan fingerprint density at radius 3 is 2.59 bits per heavy atom. The first-order valence-electron chi connectivity index (χ1n) is 7.83. The van der Waals surface area contributed by atoms with E-state index in [9.17, 15) is 4.79 Å². The molecule has 0 aliphatic rings. The van der Waals surface area contributed by atoms with Crippen molar-refractivity contribution in [1.82, 2.24) is 9.78 Å². The zero-order chi connectivity index (χ0) is 19.2. The second-order valence-corrected chi connectivity index (χ2v) is 6.55. The van der Waals surface area contributed by atoms with E-state index in [1.807, 2.05) is 36.6 Å². The maximum absolute atomic E-state index is 11.9. The highest BCUT2D eigenvalue weighted by molar-refractivity contribution is 7.98. The molecule has 2 aromatic carbocycles. The van der Waals surface area contributed by atoms with E-state index in [2.05, 4.69) is 15.6 Å². The Bertz CT molecular complexity index is 958. The van der Waals surface area contributed by atoms with Gasteiger partial charge in [0, 0.05) is 16.9 Å².